The standard InChI is InChI=1S/C11H15N/c1-10(12-2)8-9-11-6-4-3-5-7-11/h3-7H,8-9H2,1-2H3/b12-10+. The molecule has 1 aromatic carbocycles. The molecule has 1 heteroatoms. The molecule has 12 heavy (non-hydrogen) atoms. The van der Waals surface area contributed by atoms with Gasteiger partial charge in [0, 0.05) is 12.8 Å². The Kier molecular flexibility index (Phi) is 3.52. The van der Waals surface area contributed by atoms with Gasteiger partial charge in [0.15, 0.2) is 0 Å². The zero-order chi connectivity index (χ0) is 8.81. The molecule has 0 N–H and O–H groups in total. The summed E-state index contributed by atoms with van der Waals surface area (Å²) in [5.41, 5.74) is 2.61. The summed E-state index contributed by atoms with van der Waals surface area (Å²) in [4.78, 5) is 4.12. The summed E-state index contributed by atoms with van der Waals surface area (Å²) < 4.78 is 0. The Morgan fingerprint density at radius 1 is 1.25 bits per heavy atom. The van der Waals surface area contributed by atoms with E-state index in [0.29, 0.717) is 0 Å². The van der Waals surface area contributed by atoms with E-state index in [4.69, 9.17) is 0 Å². The molecule has 0 fully saturated rings. The van der Waals surface area contributed by atoms with E-state index in [-0.39, 0.29) is 0 Å². The Hall–Kier alpha value is -1.11. The van der Waals surface area contributed by atoms with Crippen molar-refractivity contribution < 1.29 is 0 Å². The Morgan fingerprint density at radius 3 is 2.50 bits per heavy atom. The highest BCUT2D eigenvalue weighted by molar-refractivity contribution is 5.81. The van der Waals surface area contributed by atoms with Gasteiger partial charge in [-0.05, 0) is 25.3 Å². The van der Waals surface area contributed by atoms with Crippen molar-refractivity contribution in [2.24, 2.45) is 4.99 Å². The Labute approximate surface area is 74.2 Å². The van der Waals surface area contributed by atoms with Gasteiger partial charge in [0.05, 0.1) is 0 Å². The fraction of sp³-hybridized carbons (Fsp3) is 0.364. The first-order chi connectivity index (χ1) is 5.83. The van der Waals surface area contributed by atoms with Crippen molar-refractivity contribution in [3.8, 4) is 0 Å². The Morgan fingerprint density at radius 2 is 1.92 bits per heavy atom. The number of aliphatic imine (C=N–C) groups is 1. The summed E-state index contributed by atoms with van der Waals surface area (Å²) in [5.74, 6) is 0. The minimum absolute atomic E-state index is 1.07. The second-order valence-corrected chi connectivity index (χ2v) is 2.94. The Bertz CT molecular complexity index is 249. The molecule has 0 aromatic heterocycles. The average molecular weight is 161 g/mol. The summed E-state index contributed by atoms with van der Waals surface area (Å²) in [6, 6.07) is 10.5. The minimum atomic E-state index is 1.07. The molecule has 0 aliphatic heterocycles. The topological polar surface area (TPSA) is 12.4 Å². The van der Waals surface area contributed by atoms with Crippen LogP contribution in [0.25, 0.3) is 0 Å². The second-order valence-electron chi connectivity index (χ2n) is 2.94. The molecule has 1 rings (SSSR count). The summed E-state index contributed by atoms with van der Waals surface area (Å²) in [6.45, 7) is 2.07. The molecule has 0 aliphatic rings. The third-order valence-electron chi connectivity index (χ3n) is 2.00. The maximum atomic E-state index is 4.12. The van der Waals surface area contributed by atoms with Gasteiger partial charge in [0.1, 0.15) is 0 Å². The van der Waals surface area contributed by atoms with Gasteiger partial charge in [-0.2, -0.15) is 0 Å². The van der Waals surface area contributed by atoms with Crippen LogP contribution in [0.4, 0.5) is 0 Å². The van der Waals surface area contributed by atoms with Gasteiger partial charge in [-0.1, -0.05) is 30.3 Å². The number of nitrogens with zero attached hydrogens (tertiary/aromatic N) is 1. The smallest absolute Gasteiger partial charge is 0.0276 e. The fourth-order valence-corrected chi connectivity index (χ4v) is 1.08. The first-order valence-electron chi connectivity index (χ1n) is 4.29. The number of aryl methyl sites for hydroxylation is 1. The molecule has 0 saturated carbocycles. The second kappa shape index (κ2) is 4.70. The predicted octanol–water partition coefficient (Wildman–Crippen LogP) is 2.71. The zero-order valence-corrected chi connectivity index (χ0v) is 7.75. The van der Waals surface area contributed by atoms with Gasteiger partial charge in [-0.15, -0.1) is 0 Å². The third kappa shape index (κ3) is 2.87. The van der Waals surface area contributed by atoms with Crippen molar-refractivity contribution in [1.82, 2.24) is 0 Å². The Balaban J connectivity index is 2.44. The fourth-order valence-electron chi connectivity index (χ4n) is 1.08. The molecule has 0 unspecified atom stereocenters. The van der Waals surface area contributed by atoms with E-state index < -0.39 is 0 Å². The van der Waals surface area contributed by atoms with Crippen LogP contribution in [0.15, 0.2) is 35.3 Å². The summed E-state index contributed by atoms with van der Waals surface area (Å²) in [6.07, 6.45) is 2.17. The lowest BCUT2D eigenvalue weighted by atomic mass is 10.1. The monoisotopic (exact) mass is 161 g/mol. The SMILES string of the molecule is C/N=C(\C)CCc1ccccc1. The van der Waals surface area contributed by atoms with Gasteiger partial charge in [-0.25, -0.2) is 0 Å². The predicted molar refractivity (Wildman–Crippen MR) is 53.8 cm³/mol. The molecule has 0 aliphatic carbocycles. The van der Waals surface area contributed by atoms with Crippen LogP contribution in [-0.4, -0.2) is 12.8 Å². The van der Waals surface area contributed by atoms with Crippen molar-refractivity contribution in [3.63, 3.8) is 0 Å². The number of hydrogen-bond donors (Lipinski definition) is 0. The largest absolute Gasteiger partial charge is 0.298 e. The molecule has 0 saturated heterocycles. The van der Waals surface area contributed by atoms with Crippen LogP contribution < -0.4 is 0 Å². The maximum Gasteiger partial charge on any atom is 0.0276 e. The number of rotatable bonds is 3. The van der Waals surface area contributed by atoms with Crippen LogP contribution in [0.3, 0.4) is 0 Å². The molecule has 0 radical (unpaired) electrons. The van der Waals surface area contributed by atoms with Crippen LogP contribution in [0.1, 0.15) is 18.9 Å². The van der Waals surface area contributed by atoms with Gasteiger partial charge >= 0.3 is 0 Å². The van der Waals surface area contributed by atoms with Crippen molar-refractivity contribution >= 4 is 5.71 Å². The van der Waals surface area contributed by atoms with Crippen molar-refractivity contribution in [3.05, 3.63) is 35.9 Å². The zero-order valence-electron chi connectivity index (χ0n) is 7.75. The van der Waals surface area contributed by atoms with Crippen molar-refractivity contribution in [2.45, 2.75) is 19.8 Å². The van der Waals surface area contributed by atoms with Crippen molar-refractivity contribution in [1.29, 1.82) is 0 Å². The first kappa shape index (κ1) is 8.98. The lowest BCUT2D eigenvalue weighted by Crippen LogP contribution is -1.94. The summed E-state index contributed by atoms with van der Waals surface area (Å²) >= 11 is 0. The van der Waals surface area contributed by atoms with Crippen LogP contribution in [0.5, 0.6) is 0 Å². The van der Waals surface area contributed by atoms with E-state index in [1.807, 2.05) is 13.1 Å². The van der Waals surface area contributed by atoms with Gasteiger partial charge < -0.3 is 0 Å². The molecule has 0 heterocycles. The van der Waals surface area contributed by atoms with Crippen molar-refractivity contribution in [2.75, 3.05) is 7.05 Å². The summed E-state index contributed by atoms with van der Waals surface area (Å²) in [5, 5.41) is 0. The van der Waals surface area contributed by atoms with E-state index in [1.54, 1.807) is 0 Å². The van der Waals surface area contributed by atoms with E-state index in [2.05, 4.69) is 36.2 Å². The minimum Gasteiger partial charge on any atom is -0.298 e. The molecule has 0 amide bonds. The van der Waals surface area contributed by atoms with Gasteiger partial charge in [-0.3, -0.25) is 4.99 Å². The molecule has 64 valence electrons. The van der Waals surface area contributed by atoms with E-state index in [9.17, 15) is 0 Å². The molecule has 1 nitrogen and oxygen atoms in total. The highest BCUT2D eigenvalue weighted by Crippen LogP contribution is 2.02. The van der Waals surface area contributed by atoms with E-state index >= 15 is 0 Å². The van der Waals surface area contributed by atoms with Crippen LogP contribution in [0.2, 0.25) is 0 Å². The number of hydrogen-bond acceptors (Lipinski definition) is 1. The quantitative estimate of drug-likeness (QED) is 0.604. The highest BCUT2D eigenvalue weighted by Gasteiger charge is 1.92. The van der Waals surface area contributed by atoms with Crippen LogP contribution >= 0.6 is 0 Å². The lowest BCUT2D eigenvalue weighted by molar-refractivity contribution is 1.03. The van der Waals surface area contributed by atoms with E-state index in [1.165, 1.54) is 11.3 Å². The van der Waals surface area contributed by atoms with Crippen LogP contribution in [0, 0.1) is 0 Å². The first-order valence-corrected chi connectivity index (χ1v) is 4.29. The molecular weight excluding hydrogens is 146 g/mol. The number of benzene rings is 1. The maximum absolute atomic E-state index is 4.12. The molecule has 0 bridgehead atoms. The molecule has 0 atom stereocenters. The van der Waals surface area contributed by atoms with Crippen LogP contribution in [-0.2, 0) is 6.42 Å². The van der Waals surface area contributed by atoms with Gasteiger partial charge in [0.25, 0.3) is 0 Å². The highest BCUT2D eigenvalue weighted by atomic mass is 14.7. The van der Waals surface area contributed by atoms with Gasteiger partial charge in [0.2, 0.25) is 0 Å². The summed E-state index contributed by atoms with van der Waals surface area (Å²) in [7, 11) is 1.85. The molecular formula is C11H15N. The normalized spacial score (nSPS) is 11.7. The lowest BCUT2D eigenvalue weighted by Gasteiger charge is -1.99. The molecule has 0 spiro atoms. The van der Waals surface area contributed by atoms with E-state index in [0.717, 1.165) is 12.8 Å². The molecule has 1 aromatic rings. The average Bonchev–Trinajstić information content (AvgIpc) is 2.16. The third-order valence-corrected chi connectivity index (χ3v) is 2.00.